The third-order valence-corrected chi connectivity index (χ3v) is 4.55. The molecule has 1 fully saturated rings. The van der Waals surface area contributed by atoms with E-state index in [2.05, 4.69) is 15.1 Å². The molecule has 0 radical (unpaired) electrons. The molecule has 0 atom stereocenters. The summed E-state index contributed by atoms with van der Waals surface area (Å²) >= 11 is 0. The normalized spacial score (nSPS) is 16.8. The van der Waals surface area contributed by atoms with Crippen molar-refractivity contribution in [3.63, 3.8) is 0 Å². The zero-order valence-electron chi connectivity index (χ0n) is 14.5. The lowest BCUT2D eigenvalue weighted by atomic mass is 9.84. The average molecular weight is 380 g/mol. The lowest BCUT2D eigenvalue weighted by Gasteiger charge is -2.41. The van der Waals surface area contributed by atoms with Gasteiger partial charge in [-0.2, -0.15) is 13.9 Å². The molecule has 1 aliphatic heterocycles. The third-order valence-electron chi connectivity index (χ3n) is 4.55. The predicted octanol–water partition coefficient (Wildman–Crippen LogP) is 0.0107. The van der Waals surface area contributed by atoms with Crippen LogP contribution >= 0.6 is 0 Å². The largest absolute Gasteiger partial charge is 0.383 e. The molecule has 3 heterocycles. The number of carbonyl (C=O) groups is 2. The van der Waals surface area contributed by atoms with E-state index >= 15 is 0 Å². The van der Waals surface area contributed by atoms with Gasteiger partial charge in [0.25, 0.3) is 11.8 Å². The molecule has 2 N–H and O–H groups in total. The molecule has 0 aromatic carbocycles. The molecule has 9 nitrogen and oxygen atoms in total. The van der Waals surface area contributed by atoms with Crippen LogP contribution in [0.4, 0.5) is 8.78 Å². The summed E-state index contributed by atoms with van der Waals surface area (Å²) < 4.78 is 29.7. The minimum Gasteiger partial charge on any atom is -0.383 e. The summed E-state index contributed by atoms with van der Waals surface area (Å²) in [5.74, 6) is -5.66. The highest BCUT2D eigenvalue weighted by Crippen LogP contribution is 2.37. The number of nitrogens with one attached hydrogen (secondary N) is 1. The number of halogens is 2. The van der Waals surface area contributed by atoms with Crippen molar-refractivity contribution in [2.24, 2.45) is 0 Å². The Bertz CT molecular complexity index is 834. The van der Waals surface area contributed by atoms with E-state index in [0.29, 0.717) is 5.82 Å². The van der Waals surface area contributed by atoms with Crippen molar-refractivity contribution in [2.45, 2.75) is 24.4 Å². The van der Waals surface area contributed by atoms with E-state index in [1.165, 1.54) is 22.0 Å². The first-order chi connectivity index (χ1) is 12.8. The fourth-order valence-corrected chi connectivity index (χ4v) is 2.90. The summed E-state index contributed by atoms with van der Waals surface area (Å²) in [6.07, 6.45) is 5.02. The van der Waals surface area contributed by atoms with Gasteiger partial charge in [-0.1, -0.05) is 0 Å². The van der Waals surface area contributed by atoms with Crippen molar-refractivity contribution >= 4 is 11.8 Å². The van der Waals surface area contributed by atoms with Gasteiger partial charge < -0.3 is 15.3 Å². The van der Waals surface area contributed by atoms with Gasteiger partial charge in [0.1, 0.15) is 11.3 Å². The Labute approximate surface area is 153 Å². The van der Waals surface area contributed by atoms with Crippen LogP contribution in [0.5, 0.6) is 0 Å². The minimum absolute atomic E-state index is 0.0338. The Balaban J connectivity index is 1.72. The monoisotopic (exact) mass is 380 g/mol. The molecule has 2 aromatic heterocycles. The van der Waals surface area contributed by atoms with Gasteiger partial charge in [0.2, 0.25) is 0 Å². The van der Waals surface area contributed by atoms with Gasteiger partial charge in [0.05, 0.1) is 12.4 Å². The number of amides is 2. The average Bonchev–Trinajstić information content (AvgIpc) is 3.22. The molecular weight excluding hydrogens is 362 g/mol. The van der Waals surface area contributed by atoms with Crippen LogP contribution in [0.2, 0.25) is 0 Å². The van der Waals surface area contributed by atoms with E-state index in [-0.39, 0.29) is 18.8 Å². The molecule has 2 amide bonds. The second kappa shape index (κ2) is 6.99. The third kappa shape index (κ3) is 3.37. The maximum Gasteiger partial charge on any atom is 0.352 e. The maximum absolute atomic E-state index is 14.2. The number of carbonyl (C=O) groups excluding carboxylic acids is 2. The fourth-order valence-electron chi connectivity index (χ4n) is 2.90. The topological polar surface area (TPSA) is 113 Å². The van der Waals surface area contributed by atoms with Gasteiger partial charge in [-0.25, -0.2) is 9.67 Å². The van der Waals surface area contributed by atoms with E-state index in [1.807, 2.05) is 5.32 Å². The molecule has 1 aliphatic rings. The van der Waals surface area contributed by atoms with Crippen molar-refractivity contribution < 1.29 is 23.5 Å². The van der Waals surface area contributed by atoms with E-state index in [9.17, 15) is 23.5 Å². The summed E-state index contributed by atoms with van der Waals surface area (Å²) in [6.45, 7) is -0.287. The Kier molecular flexibility index (Phi) is 4.87. The quantitative estimate of drug-likeness (QED) is 0.773. The highest BCUT2D eigenvalue weighted by molar-refractivity contribution is 5.92. The number of nitrogens with zero attached hydrogens (tertiary/aromatic N) is 5. The van der Waals surface area contributed by atoms with Gasteiger partial charge in [-0.05, 0) is 6.07 Å². The van der Waals surface area contributed by atoms with Gasteiger partial charge in [0, 0.05) is 45.4 Å². The Hall–Kier alpha value is -2.95. The number of rotatable bonds is 4. The van der Waals surface area contributed by atoms with Crippen LogP contribution in [0.1, 0.15) is 23.3 Å². The predicted molar refractivity (Wildman–Crippen MR) is 88.3 cm³/mol. The van der Waals surface area contributed by atoms with Crippen LogP contribution in [0.3, 0.4) is 0 Å². The summed E-state index contributed by atoms with van der Waals surface area (Å²) in [7, 11) is 1.07. The number of aliphatic hydroxyl groups is 1. The van der Waals surface area contributed by atoms with Crippen LogP contribution in [0.25, 0.3) is 5.82 Å². The Morgan fingerprint density at radius 1 is 1.30 bits per heavy atom. The lowest BCUT2D eigenvalue weighted by Crippen LogP contribution is -2.61. The minimum atomic E-state index is -3.95. The van der Waals surface area contributed by atoms with Gasteiger partial charge in [-0.15, -0.1) is 0 Å². The van der Waals surface area contributed by atoms with Gasteiger partial charge in [-0.3, -0.25) is 14.6 Å². The number of hydrogen-bond acceptors (Lipinski definition) is 6. The Morgan fingerprint density at radius 3 is 2.59 bits per heavy atom. The van der Waals surface area contributed by atoms with E-state index in [1.54, 1.807) is 18.5 Å². The number of hydrogen-bond donors (Lipinski definition) is 2. The first-order valence-electron chi connectivity index (χ1n) is 8.22. The van der Waals surface area contributed by atoms with E-state index < -0.39 is 36.2 Å². The second-order valence-electron chi connectivity index (χ2n) is 6.19. The number of aromatic nitrogens is 4. The highest BCUT2D eigenvalue weighted by Gasteiger charge is 2.58. The number of piperidine rings is 1. The molecule has 3 rings (SSSR count). The molecule has 0 saturated carbocycles. The van der Waals surface area contributed by atoms with Crippen molar-refractivity contribution in [3.8, 4) is 5.82 Å². The van der Waals surface area contributed by atoms with Crippen LogP contribution in [-0.4, -0.2) is 73.2 Å². The molecule has 0 aliphatic carbocycles. The van der Waals surface area contributed by atoms with Gasteiger partial charge >= 0.3 is 5.92 Å². The van der Waals surface area contributed by atoms with Crippen molar-refractivity contribution in [2.75, 3.05) is 20.1 Å². The van der Waals surface area contributed by atoms with Crippen LogP contribution < -0.4 is 5.32 Å². The number of likely N-dealkylation sites (tertiary alicyclic amines) is 1. The summed E-state index contributed by atoms with van der Waals surface area (Å²) in [5, 5.41) is 16.1. The molecule has 144 valence electrons. The van der Waals surface area contributed by atoms with E-state index in [4.69, 9.17) is 0 Å². The second-order valence-corrected chi connectivity index (χ2v) is 6.19. The molecule has 0 unspecified atom stereocenters. The zero-order chi connectivity index (χ0) is 19.7. The molecule has 0 spiro atoms. The van der Waals surface area contributed by atoms with Crippen LogP contribution in [0, 0.1) is 0 Å². The van der Waals surface area contributed by atoms with E-state index in [0.717, 1.165) is 7.05 Å². The molecule has 1 saturated heterocycles. The first kappa shape index (κ1) is 18.8. The fraction of sp³-hybridized carbons (Fsp3) is 0.438. The SMILES string of the molecule is CNC(=O)C(F)(F)C1(O)CCN(C(=O)c2cncc(-n3cccn3)n2)CC1. The van der Waals surface area contributed by atoms with Crippen molar-refractivity contribution in [1.29, 1.82) is 0 Å². The molecule has 0 bridgehead atoms. The lowest BCUT2D eigenvalue weighted by molar-refractivity contribution is -0.202. The van der Waals surface area contributed by atoms with Crippen LogP contribution in [-0.2, 0) is 4.79 Å². The standard InChI is InChI=1S/C16H18F2N6O3/c1-19-14(26)16(17,18)15(27)3-7-23(8-4-15)13(25)11-9-20-10-12(22-11)24-6-2-5-21-24/h2,5-6,9-10,27H,3-4,7-8H2,1H3,(H,19,26). The van der Waals surface area contributed by atoms with Gasteiger partial charge in [0.15, 0.2) is 5.82 Å². The smallest absolute Gasteiger partial charge is 0.352 e. The Morgan fingerprint density at radius 2 is 2.00 bits per heavy atom. The molecule has 11 heteroatoms. The van der Waals surface area contributed by atoms with Crippen LogP contribution in [0.15, 0.2) is 30.9 Å². The highest BCUT2D eigenvalue weighted by atomic mass is 19.3. The maximum atomic E-state index is 14.2. The summed E-state index contributed by atoms with van der Waals surface area (Å²) in [5.41, 5.74) is -2.47. The molecule has 27 heavy (non-hydrogen) atoms. The summed E-state index contributed by atoms with van der Waals surface area (Å²) in [4.78, 5) is 33.5. The van der Waals surface area contributed by atoms with Crippen molar-refractivity contribution in [1.82, 2.24) is 30.0 Å². The zero-order valence-corrected chi connectivity index (χ0v) is 14.5. The number of alkyl halides is 2. The summed E-state index contributed by atoms with van der Waals surface area (Å²) in [6, 6.07) is 1.69. The van der Waals surface area contributed by atoms with Crippen molar-refractivity contribution in [3.05, 3.63) is 36.5 Å². The molecular formula is C16H18F2N6O3. The first-order valence-corrected chi connectivity index (χ1v) is 8.22. The molecule has 2 aromatic rings.